The third kappa shape index (κ3) is 5.84. The number of anilines is 1. The molecule has 0 aliphatic rings. The van der Waals surface area contributed by atoms with Gasteiger partial charge in [0, 0.05) is 11.3 Å². The summed E-state index contributed by atoms with van der Waals surface area (Å²) in [4.78, 5) is 12.1. The number of benzene rings is 2. The van der Waals surface area contributed by atoms with E-state index in [-0.39, 0.29) is 15.5 Å². The molecule has 0 saturated heterocycles. The summed E-state index contributed by atoms with van der Waals surface area (Å²) in [6.07, 6.45) is 1.34. The van der Waals surface area contributed by atoms with Crippen molar-refractivity contribution in [2.45, 2.75) is 10.8 Å². The maximum absolute atomic E-state index is 12.2. The van der Waals surface area contributed by atoms with E-state index in [1.807, 2.05) is 0 Å². The summed E-state index contributed by atoms with van der Waals surface area (Å²) in [7, 11) is -3.66. The van der Waals surface area contributed by atoms with Crippen LogP contribution in [0.15, 0.2) is 75.4 Å². The van der Waals surface area contributed by atoms with Crippen LogP contribution in [0.3, 0.4) is 0 Å². The first kappa shape index (κ1) is 21.4. The molecule has 30 heavy (non-hydrogen) atoms. The second-order valence-electron chi connectivity index (χ2n) is 5.76. The van der Waals surface area contributed by atoms with Gasteiger partial charge in [0.2, 0.25) is 0 Å². The molecule has 0 saturated carbocycles. The standard InChI is InChI=1S/C19H15F2N3O4S2/c20-19(21)28-16-9-3-13(4-10-16)12-22-23-18(25)14-5-7-15(8-6-14)24-30(26,27)17-2-1-11-29-17/h1-12,19,24H,(H,23,25). The lowest BCUT2D eigenvalue weighted by atomic mass is 10.2. The van der Waals surface area contributed by atoms with E-state index in [1.165, 1.54) is 60.8 Å². The van der Waals surface area contributed by atoms with Crippen LogP contribution in [0, 0.1) is 0 Å². The second kappa shape index (κ2) is 9.46. The molecule has 0 bridgehead atoms. The molecule has 3 rings (SSSR count). The average molecular weight is 451 g/mol. The highest BCUT2D eigenvalue weighted by Crippen LogP contribution is 2.20. The van der Waals surface area contributed by atoms with Gasteiger partial charge in [0.05, 0.1) is 6.21 Å². The first-order chi connectivity index (χ1) is 14.3. The Kier molecular flexibility index (Phi) is 6.75. The van der Waals surface area contributed by atoms with Gasteiger partial charge >= 0.3 is 6.61 Å². The number of carbonyl (C=O) groups is 1. The molecule has 7 nitrogen and oxygen atoms in total. The molecule has 2 N–H and O–H groups in total. The Morgan fingerprint density at radius 3 is 2.37 bits per heavy atom. The van der Waals surface area contributed by atoms with E-state index in [0.29, 0.717) is 11.3 Å². The fraction of sp³-hybridized carbons (Fsp3) is 0.0526. The molecule has 0 aliphatic carbocycles. The number of alkyl halides is 2. The maximum atomic E-state index is 12.2. The van der Waals surface area contributed by atoms with E-state index in [9.17, 15) is 22.0 Å². The van der Waals surface area contributed by atoms with E-state index < -0.39 is 22.5 Å². The van der Waals surface area contributed by atoms with Crippen LogP contribution in [0.25, 0.3) is 0 Å². The molecular weight excluding hydrogens is 436 g/mol. The fourth-order valence-electron chi connectivity index (χ4n) is 2.28. The molecule has 0 unspecified atom stereocenters. The van der Waals surface area contributed by atoms with Crippen LogP contribution in [0.4, 0.5) is 14.5 Å². The van der Waals surface area contributed by atoms with Gasteiger partial charge in [0.25, 0.3) is 15.9 Å². The van der Waals surface area contributed by atoms with Gasteiger partial charge in [0.15, 0.2) is 0 Å². The number of nitrogens with one attached hydrogen (secondary N) is 2. The number of ether oxygens (including phenoxy) is 1. The normalized spacial score (nSPS) is 11.6. The smallest absolute Gasteiger partial charge is 0.387 e. The fourth-order valence-corrected chi connectivity index (χ4v) is 4.33. The van der Waals surface area contributed by atoms with Gasteiger partial charge in [-0.05, 0) is 65.5 Å². The third-order valence-electron chi connectivity index (χ3n) is 3.64. The second-order valence-corrected chi connectivity index (χ2v) is 8.62. The van der Waals surface area contributed by atoms with E-state index >= 15 is 0 Å². The molecule has 0 atom stereocenters. The number of rotatable bonds is 8. The minimum Gasteiger partial charge on any atom is -0.435 e. The monoisotopic (exact) mass is 451 g/mol. The number of carbonyl (C=O) groups excluding carboxylic acids is 1. The minimum atomic E-state index is -3.66. The highest BCUT2D eigenvalue weighted by molar-refractivity contribution is 7.94. The van der Waals surface area contributed by atoms with Gasteiger partial charge in [-0.1, -0.05) is 6.07 Å². The summed E-state index contributed by atoms with van der Waals surface area (Å²) in [5, 5.41) is 5.46. The van der Waals surface area contributed by atoms with Crippen LogP contribution in [-0.4, -0.2) is 27.2 Å². The van der Waals surface area contributed by atoms with Crippen LogP contribution in [0.1, 0.15) is 15.9 Å². The molecule has 3 aromatic rings. The van der Waals surface area contributed by atoms with Crippen molar-refractivity contribution in [3.63, 3.8) is 0 Å². The summed E-state index contributed by atoms with van der Waals surface area (Å²) < 4.78 is 55.5. The number of hydrogen-bond acceptors (Lipinski definition) is 6. The van der Waals surface area contributed by atoms with Crippen molar-refractivity contribution in [1.82, 2.24) is 5.43 Å². The van der Waals surface area contributed by atoms with Crippen molar-refractivity contribution in [2.24, 2.45) is 5.10 Å². The van der Waals surface area contributed by atoms with Crippen LogP contribution in [0.5, 0.6) is 5.75 Å². The summed E-state index contributed by atoms with van der Waals surface area (Å²) in [6, 6.07) is 14.7. The Bertz CT molecular complexity index is 1120. The number of amides is 1. The zero-order valence-electron chi connectivity index (χ0n) is 15.2. The average Bonchev–Trinajstić information content (AvgIpc) is 3.25. The topological polar surface area (TPSA) is 96.9 Å². The van der Waals surface area contributed by atoms with Crippen LogP contribution < -0.4 is 14.9 Å². The summed E-state index contributed by atoms with van der Waals surface area (Å²) in [5.41, 5.74) is 3.48. The first-order valence-corrected chi connectivity index (χ1v) is 10.7. The first-order valence-electron chi connectivity index (χ1n) is 8.38. The van der Waals surface area contributed by atoms with Crippen molar-refractivity contribution in [3.05, 3.63) is 77.2 Å². The van der Waals surface area contributed by atoms with E-state index in [2.05, 4.69) is 20.0 Å². The van der Waals surface area contributed by atoms with Crippen molar-refractivity contribution in [1.29, 1.82) is 0 Å². The summed E-state index contributed by atoms with van der Waals surface area (Å²) in [5.74, 6) is -0.488. The summed E-state index contributed by atoms with van der Waals surface area (Å²) in [6.45, 7) is -2.90. The Labute approximate surface area is 175 Å². The number of hydrogen-bond donors (Lipinski definition) is 2. The molecule has 156 valence electrons. The molecule has 2 aromatic carbocycles. The van der Waals surface area contributed by atoms with E-state index in [1.54, 1.807) is 11.4 Å². The Morgan fingerprint density at radius 1 is 1.07 bits per heavy atom. The van der Waals surface area contributed by atoms with E-state index in [4.69, 9.17) is 0 Å². The predicted octanol–water partition coefficient (Wildman–Crippen LogP) is 3.91. The van der Waals surface area contributed by atoms with Crippen LogP contribution in [0.2, 0.25) is 0 Å². The zero-order chi connectivity index (χ0) is 21.6. The third-order valence-corrected chi connectivity index (χ3v) is 6.42. The van der Waals surface area contributed by atoms with Crippen molar-refractivity contribution >= 4 is 39.2 Å². The Hall–Kier alpha value is -3.31. The molecule has 11 heteroatoms. The summed E-state index contributed by atoms with van der Waals surface area (Å²) >= 11 is 1.10. The number of halogens is 2. The number of hydrazone groups is 1. The van der Waals surface area contributed by atoms with Crippen LogP contribution in [-0.2, 0) is 10.0 Å². The molecule has 0 radical (unpaired) electrons. The lowest BCUT2D eigenvalue weighted by Crippen LogP contribution is -2.17. The molecule has 1 amide bonds. The molecule has 0 spiro atoms. The highest BCUT2D eigenvalue weighted by atomic mass is 32.2. The van der Waals surface area contributed by atoms with Crippen LogP contribution >= 0.6 is 11.3 Å². The zero-order valence-corrected chi connectivity index (χ0v) is 16.8. The van der Waals surface area contributed by atoms with Gasteiger partial charge in [-0.25, -0.2) is 13.8 Å². The quantitative estimate of drug-likeness (QED) is 0.401. The number of nitrogens with zero attached hydrogens (tertiary/aromatic N) is 1. The molecule has 0 aliphatic heterocycles. The number of thiophene rings is 1. The van der Waals surface area contributed by atoms with Crippen molar-refractivity contribution < 1.29 is 26.7 Å². The maximum Gasteiger partial charge on any atom is 0.387 e. The van der Waals surface area contributed by atoms with Crippen molar-refractivity contribution in [3.8, 4) is 5.75 Å². The lowest BCUT2D eigenvalue weighted by molar-refractivity contribution is -0.0498. The van der Waals surface area contributed by atoms with Gasteiger partial charge < -0.3 is 4.74 Å². The van der Waals surface area contributed by atoms with Gasteiger partial charge in [-0.3, -0.25) is 9.52 Å². The molecule has 0 fully saturated rings. The Morgan fingerprint density at radius 2 is 1.77 bits per heavy atom. The molecule has 1 aromatic heterocycles. The van der Waals surface area contributed by atoms with Crippen molar-refractivity contribution in [2.75, 3.05) is 4.72 Å². The van der Waals surface area contributed by atoms with E-state index in [0.717, 1.165) is 11.3 Å². The minimum absolute atomic E-state index is 0.0148. The highest BCUT2D eigenvalue weighted by Gasteiger charge is 2.15. The lowest BCUT2D eigenvalue weighted by Gasteiger charge is -2.07. The predicted molar refractivity (Wildman–Crippen MR) is 110 cm³/mol. The largest absolute Gasteiger partial charge is 0.435 e. The SMILES string of the molecule is O=C(NN=Cc1ccc(OC(F)F)cc1)c1ccc(NS(=O)(=O)c2cccs2)cc1. The van der Waals surface area contributed by atoms with Gasteiger partial charge in [-0.15, -0.1) is 11.3 Å². The number of sulfonamides is 1. The molecule has 1 heterocycles. The van der Waals surface area contributed by atoms with Gasteiger partial charge in [0.1, 0.15) is 9.96 Å². The molecular formula is C19H15F2N3O4S2. The van der Waals surface area contributed by atoms with Gasteiger partial charge in [-0.2, -0.15) is 13.9 Å². The Balaban J connectivity index is 1.56.